The van der Waals surface area contributed by atoms with Crippen molar-refractivity contribution in [3.63, 3.8) is 0 Å². The third-order valence-corrected chi connectivity index (χ3v) is 4.86. The van der Waals surface area contributed by atoms with Crippen LogP contribution in [0.2, 0.25) is 5.02 Å². The number of thioether (sulfide) groups is 1. The fourth-order valence-electron chi connectivity index (χ4n) is 2.40. The first kappa shape index (κ1) is 17.6. The monoisotopic (exact) mass is 372 g/mol. The van der Waals surface area contributed by atoms with Crippen LogP contribution in [0.4, 0.5) is 0 Å². The van der Waals surface area contributed by atoms with E-state index in [0.717, 1.165) is 33.6 Å². The van der Waals surface area contributed by atoms with Gasteiger partial charge in [0.25, 0.3) is 0 Å². The molecule has 0 atom stereocenters. The van der Waals surface area contributed by atoms with Crippen LogP contribution in [-0.2, 0) is 11.2 Å². The Kier molecular flexibility index (Phi) is 5.79. The van der Waals surface area contributed by atoms with Gasteiger partial charge in [0.2, 0.25) is 5.91 Å². The number of amides is 1. The number of para-hydroxylation sites is 1. The molecule has 0 bridgehead atoms. The van der Waals surface area contributed by atoms with E-state index in [1.807, 2.05) is 43.3 Å². The Labute approximate surface area is 155 Å². The second-order valence-corrected chi connectivity index (χ2v) is 6.81. The van der Waals surface area contributed by atoms with Gasteiger partial charge < -0.3 is 4.42 Å². The minimum Gasteiger partial charge on any atom is -0.460 e. The summed E-state index contributed by atoms with van der Waals surface area (Å²) in [6.45, 7) is 2.02. The number of nitrogens with one attached hydrogen (secondary N) is 1. The Balaban J connectivity index is 1.61. The molecule has 0 saturated heterocycles. The van der Waals surface area contributed by atoms with Crippen molar-refractivity contribution in [2.24, 2.45) is 5.10 Å². The molecule has 0 fully saturated rings. The molecule has 1 amide bonds. The molecule has 0 spiro atoms. The van der Waals surface area contributed by atoms with Crippen molar-refractivity contribution in [1.29, 1.82) is 0 Å². The summed E-state index contributed by atoms with van der Waals surface area (Å²) in [4.78, 5) is 12.9. The molecule has 0 unspecified atom stereocenters. The zero-order valence-electron chi connectivity index (χ0n) is 13.7. The van der Waals surface area contributed by atoms with Gasteiger partial charge in [-0.25, -0.2) is 5.43 Å². The molecule has 6 heteroatoms. The van der Waals surface area contributed by atoms with E-state index < -0.39 is 0 Å². The Morgan fingerprint density at radius 2 is 2.00 bits per heavy atom. The van der Waals surface area contributed by atoms with E-state index in [9.17, 15) is 4.79 Å². The highest BCUT2D eigenvalue weighted by molar-refractivity contribution is 8.00. The molecule has 1 N–H and O–H groups in total. The van der Waals surface area contributed by atoms with E-state index >= 15 is 0 Å². The first-order valence-electron chi connectivity index (χ1n) is 7.88. The van der Waals surface area contributed by atoms with E-state index in [0.29, 0.717) is 5.02 Å². The van der Waals surface area contributed by atoms with Gasteiger partial charge in [-0.1, -0.05) is 36.7 Å². The molecule has 3 rings (SSSR count). The molecule has 128 valence electrons. The topological polar surface area (TPSA) is 54.6 Å². The molecule has 0 aliphatic carbocycles. The fraction of sp³-hybridized carbons (Fsp3) is 0.158. The van der Waals surface area contributed by atoms with Gasteiger partial charge in [0, 0.05) is 27.3 Å². The lowest BCUT2D eigenvalue weighted by molar-refractivity contribution is -0.118. The predicted octanol–water partition coefficient (Wildman–Crippen LogP) is 4.89. The smallest absolute Gasteiger partial charge is 0.250 e. The highest BCUT2D eigenvalue weighted by atomic mass is 35.5. The SMILES string of the molecule is CCc1oc2ccccc2c1/C=N\NC(=O)CSc1ccc(Cl)cc1. The molecule has 25 heavy (non-hydrogen) atoms. The first-order chi connectivity index (χ1) is 12.2. The number of hydrazone groups is 1. The number of hydrogen-bond donors (Lipinski definition) is 1. The summed E-state index contributed by atoms with van der Waals surface area (Å²) in [7, 11) is 0. The van der Waals surface area contributed by atoms with Crippen LogP contribution in [0, 0.1) is 0 Å². The molecule has 0 aliphatic rings. The van der Waals surface area contributed by atoms with Crippen molar-refractivity contribution < 1.29 is 9.21 Å². The van der Waals surface area contributed by atoms with Crippen LogP contribution in [0.5, 0.6) is 0 Å². The van der Waals surface area contributed by atoms with E-state index in [4.69, 9.17) is 16.0 Å². The van der Waals surface area contributed by atoms with Crippen LogP contribution >= 0.6 is 23.4 Å². The standard InChI is InChI=1S/C19H17ClN2O2S/c1-2-17-16(15-5-3-4-6-18(15)24-17)11-21-22-19(23)12-25-14-9-7-13(20)8-10-14/h3-11H,2,12H2,1H3,(H,22,23)/b21-11-. The number of carbonyl (C=O) groups is 1. The van der Waals surface area contributed by atoms with Crippen LogP contribution in [0.1, 0.15) is 18.2 Å². The van der Waals surface area contributed by atoms with Crippen molar-refractivity contribution in [2.75, 3.05) is 5.75 Å². The minimum absolute atomic E-state index is 0.165. The first-order valence-corrected chi connectivity index (χ1v) is 9.24. The number of furan rings is 1. The quantitative estimate of drug-likeness (QED) is 0.380. The number of rotatable bonds is 6. The Hall–Kier alpha value is -2.24. The predicted molar refractivity (Wildman–Crippen MR) is 104 cm³/mol. The van der Waals surface area contributed by atoms with Gasteiger partial charge in [0.1, 0.15) is 11.3 Å². The number of halogens is 1. The molecular weight excluding hydrogens is 356 g/mol. The summed E-state index contributed by atoms with van der Waals surface area (Å²) in [6.07, 6.45) is 2.41. The second-order valence-electron chi connectivity index (χ2n) is 5.32. The summed E-state index contributed by atoms with van der Waals surface area (Å²) >= 11 is 7.27. The molecule has 0 saturated carbocycles. The Morgan fingerprint density at radius 3 is 2.76 bits per heavy atom. The molecule has 0 radical (unpaired) electrons. The van der Waals surface area contributed by atoms with E-state index in [1.165, 1.54) is 11.8 Å². The molecule has 3 aromatic rings. The number of aryl methyl sites for hydroxylation is 1. The number of hydrogen-bond acceptors (Lipinski definition) is 4. The maximum atomic E-state index is 11.9. The summed E-state index contributed by atoms with van der Waals surface area (Å²) in [5, 5.41) is 5.75. The molecule has 2 aromatic carbocycles. The molecule has 0 aliphatic heterocycles. The van der Waals surface area contributed by atoms with E-state index in [-0.39, 0.29) is 11.7 Å². The number of carbonyl (C=O) groups excluding carboxylic acids is 1. The fourth-order valence-corrected chi connectivity index (χ4v) is 3.22. The van der Waals surface area contributed by atoms with Gasteiger partial charge in [-0.15, -0.1) is 11.8 Å². The largest absolute Gasteiger partial charge is 0.460 e. The van der Waals surface area contributed by atoms with Crippen LogP contribution in [0.15, 0.2) is 62.9 Å². The summed E-state index contributed by atoms with van der Waals surface area (Å²) in [5.74, 6) is 0.975. The van der Waals surface area contributed by atoms with Crippen LogP contribution < -0.4 is 5.43 Å². The third-order valence-electron chi connectivity index (χ3n) is 3.60. The average Bonchev–Trinajstić information content (AvgIpc) is 2.99. The highest BCUT2D eigenvalue weighted by Crippen LogP contribution is 2.24. The second kappa shape index (κ2) is 8.23. The lowest BCUT2D eigenvalue weighted by Crippen LogP contribution is -2.19. The number of fused-ring (bicyclic) bond motifs is 1. The van der Waals surface area contributed by atoms with Gasteiger partial charge in [-0.3, -0.25) is 4.79 Å². The average molecular weight is 373 g/mol. The van der Waals surface area contributed by atoms with E-state index in [2.05, 4.69) is 10.5 Å². The number of benzene rings is 2. The maximum absolute atomic E-state index is 11.9. The number of nitrogens with zero attached hydrogens (tertiary/aromatic N) is 1. The van der Waals surface area contributed by atoms with Gasteiger partial charge in [0.05, 0.1) is 12.0 Å². The van der Waals surface area contributed by atoms with Crippen molar-refractivity contribution in [2.45, 2.75) is 18.2 Å². The Morgan fingerprint density at radius 1 is 1.24 bits per heavy atom. The molecule has 1 heterocycles. The van der Waals surface area contributed by atoms with Gasteiger partial charge in [0.15, 0.2) is 0 Å². The summed E-state index contributed by atoms with van der Waals surface area (Å²) < 4.78 is 5.80. The van der Waals surface area contributed by atoms with Crippen LogP contribution in [-0.4, -0.2) is 17.9 Å². The highest BCUT2D eigenvalue weighted by Gasteiger charge is 2.10. The zero-order chi connectivity index (χ0) is 17.6. The van der Waals surface area contributed by atoms with Crippen molar-refractivity contribution in [3.8, 4) is 0 Å². The summed E-state index contributed by atoms with van der Waals surface area (Å²) in [6, 6.07) is 15.2. The van der Waals surface area contributed by atoms with Gasteiger partial charge in [-0.2, -0.15) is 5.10 Å². The maximum Gasteiger partial charge on any atom is 0.250 e. The minimum atomic E-state index is -0.165. The molecule has 4 nitrogen and oxygen atoms in total. The van der Waals surface area contributed by atoms with Gasteiger partial charge >= 0.3 is 0 Å². The van der Waals surface area contributed by atoms with Crippen molar-refractivity contribution in [3.05, 3.63) is 64.9 Å². The third kappa shape index (κ3) is 4.44. The normalized spacial score (nSPS) is 11.3. The Bertz CT molecular complexity index is 903. The zero-order valence-corrected chi connectivity index (χ0v) is 15.2. The molecular formula is C19H17ClN2O2S. The van der Waals surface area contributed by atoms with Crippen LogP contribution in [0.3, 0.4) is 0 Å². The van der Waals surface area contributed by atoms with Crippen molar-refractivity contribution in [1.82, 2.24) is 5.43 Å². The lowest BCUT2D eigenvalue weighted by atomic mass is 10.1. The van der Waals surface area contributed by atoms with Crippen molar-refractivity contribution >= 4 is 46.5 Å². The van der Waals surface area contributed by atoms with Crippen LogP contribution in [0.25, 0.3) is 11.0 Å². The lowest BCUT2D eigenvalue weighted by Gasteiger charge is -2.01. The van der Waals surface area contributed by atoms with E-state index in [1.54, 1.807) is 18.3 Å². The molecule has 1 aromatic heterocycles. The van der Waals surface area contributed by atoms with Gasteiger partial charge in [-0.05, 0) is 30.3 Å². The summed E-state index contributed by atoms with van der Waals surface area (Å²) in [5.41, 5.74) is 4.29.